The fourth-order valence-electron chi connectivity index (χ4n) is 5.60. The number of rotatable bonds is 5. The second-order valence-corrected chi connectivity index (χ2v) is 15.0. The molecule has 5 nitrogen and oxygen atoms in total. The van der Waals surface area contributed by atoms with Crippen molar-refractivity contribution in [1.82, 2.24) is 9.55 Å². The summed E-state index contributed by atoms with van der Waals surface area (Å²) in [4.78, 5) is 9.64. The molecule has 236 valence electrons. The van der Waals surface area contributed by atoms with E-state index in [2.05, 4.69) is 128 Å². The zero-order valence-corrected chi connectivity index (χ0v) is 30.3. The van der Waals surface area contributed by atoms with E-state index in [-0.39, 0.29) is 37.4 Å². The second-order valence-electron chi connectivity index (χ2n) is 15.0. The molecule has 0 aliphatic carbocycles. The summed E-state index contributed by atoms with van der Waals surface area (Å²) in [6.45, 7) is 22.5. The molecule has 0 fully saturated rings. The van der Waals surface area contributed by atoms with Gasteiger partial charge >= 0.3 is 21.1 Å². The van der Waals surface area contributed by atoms with E-state index in [4.69, 9.17) is 19.5 Å². The summed E-state index contributed by atoms with van der Waals surface area (Å²) < 4.78 is 14.7. The fraction of sp³-hybridized carbons (Fsp3) is 0.385. The summed E-state index contributed by atoms with van der Waals surface area (Å²) in [6.07, 6.45) is 1.90. The zero-order chi connectivity index (χ0) is 31.6. The van der Waals surface area contributed by atoms with Crippen molar-refractivity contribution in [3.05, 3.63) is 95.2 Å². The molecule has 45 heavy (non-hydrogen) atoms. The van der Waals surface area contributed by atoms with Crippen molar-refractivity contribution in [3.8, 4) is 17.3 Å². The molecule has 5 aromatic rings. The van der Waals surface area contributed by atoms with Crippen LogP contribution in [0.5, 0.6) is 11.5 Å². The average Bonchev–Trinajstić information content (AvgIpc) is 3.48. The third-order valence-corrected chi connectivity index (χ3v) is 8.31. The summed E-state index contributed by atoms with van der Waals surface area (Å²) >= 11 is 0. The number of aliphatic imine (C=N–C) groups is 1. The third-order valence-electron chi connectivity index (χ3n) is 8.31. The number of fused-ring (bicyclic) bond motifs is 3. The molecule has 0 radical (unpaired) electrons. The maximum atomic E-state index is 6.52. The Kier molecular flexibility index (Phi) is 8.59. The minimum Gasteiger partial charge on any atom is -0.518 e. The average molecular weight is 781 g/mol. The first-order valence-electron chi connectivity index (χ1n) is 15.6. The first-order chi connectivity index (χ1) is 20.6. The Balaban J connectivity index is 0.00000400. The first-order valence-corrected chi connectivity index (χ1v) is 15.6. The van der Waals surface area contributed by atoms with Crippen molar-refractivity contribution in [1.29, 1.82) is 0 Å². The normalized spacial score (nSPS) is 14.9. The van der Waals surface area contributed by atoms with Gasteiger partial charge in [-0.25, -0.2) is 4.98 Å². The number of benzene rings is 3. The van der Waals surface area contributed by atoms with Crippen LogP contribution in [-0.4, -0.2) is 27.6 Å². The molecule has 6 heteroatoms. The van der Waals surface area contributed by atoms with Crippen molar-refractivity contribution in [2.24, 2.45) is 4.99 Å². The molecule has 0 atom stereocenters. The molecule has 0 N–H and O–H groups in total. The van der Waals surface area contributed by atoms with Gasteiger partial charge in [-0.15, -0.1) is 29.1 Å². The predicted molar refractivity (Wildman–Crippen MR) is 181 cm³/mol. The summed E-state index contributed by atoms with van der Waals surface area (Å²) in [5.74, 6) is 3.00. The molecule has 0 unspecified atom stereocenters. The van der Waals surface area contributed by atoms with Crippen molar-refractivity contribution in [3.63, 3.8) is 0 Å². The molecule has 1 aliphatic rings. The fourth-order valence-corrected chi connectivity index (χ4v) is 5.60. The molecule has 2 aromatic heterocycles. The second kappa shape index (κ2) is 11.7. The predicted octanol–water partition coefficient (Wildman–Crippen LogP) is 9.84. The molecule has 6 rings (SSSR count). The summed E-state index contributed by atoms with van der Waals surface area (Å²) in [6, 6.07) is 26.4. The maximum absolute atomic E-state index is 6.52. The molecule has 1 aliphatic heterocycles. The van der Waals surface area contributed by atoms with Crippen LogP contribution >= 0.6 is 0 Å². The Morgan fingerprint density at radius 2 is 1.56 bits per heavy atom. The van der Waals surface area contributed by atoms with Gasteiger partial charge in [-0.2, -0.15) is 6.07 Å². The largest absolute Gasteiger partial charge is 2.00 e. The van der Waals surface area contributed by atoms with E-state index < -0.39 is 0 Å². The van der Waals surface area contributed by atoms with Crippen LogP contribution in [0.4, 0.5) is 0 Å². The summed E-state index contributed by atoms with van der Waals surface area (Å²) in [7, 11) is 0. The van der Waals surface area contributed by atoms with E-state index in [1.54, 1.807) is 0 Å². The van der Waals surface area contributed by atoms with E-state index in [0.29, 0.717) is 29.9 Å². The molecule has 3 aromatic carbocycles. The van der Waals surface area contributed by atoms with Crippen molar-refractivity contribution < 1.29 is 30.5 Å². The number of aromatic nitrogens is 2. The molecular formula is C39H43N3O2Pt. The van der Waals surface area contributed by atoms with E-state index in [1.165, 1.54) is 16.5 Å². The standard InChI is InChI=1S/C39H43N3O2.Pt/c1-24(2)25-17-26(36-41-39(9,10)23-43-36)19-30(18-25)44-29-12-13-31-32-20-27(37(3,4)5)11-14-33(32)42(34(31)22-29)35-21-28(15-16-40-35)38(6,7)8;/h11-18,20-21,24H,23H2,1-10H3;/q-2;+2. The van der Waals surface area contributed by atoms with Crippen LogP contribution in [0.3, 0.4) is 0 Å². The number of hydrogen-bond acceptors (Lipinski definition) is 4. The van der Waals surface area contributed by atoms with Gasteiger partial charge in [0.1, 0.15) is 18.3 Å². The Morgan fingerprint density at radius 3 is 2.20 bits per heavy atom. The van der Waals surface area contributed by atoms with Gasteiger partial charge in [-0.3, -0.25) is 4.99 Å². The van der Waals surface area contributed by atoms with Crippen LogP contribution in [0, 0.1) is 12.1 Å². The van der Waals surface area contributed by atoms with Gasteiger partial charge < -0.3 is 14.0 Å². The van der Waals surface area contributed by atoms with Crippen LogP contribution < -0.4 is 4.74 Å². The molecular weight excluding hydrogens is 738 g/mol. The first kappa shape index (κ1) is 32.9. The van der Waals surface area contributed by atoms with Crippen molar-refractivity contribution >= 4 is 27.7 Å². The van der Waals surface area contributed by atoms with Gasteiger partial charge in [0, 0.05) is 23.2 Å². The number of ether oxygens (including phenoxy) is 2. The molecule has 0 bridgehead atoms. The van der Waals surface area contributed by atoms with Crippen molar-refractivity contribution in [2.75, 3.05) is 6.61 Å². The quantitative estimate of drug-likeness (QED) is 0.167. The number of hydrogen-bond donors (Lipinski definition) is 0. The van der Waals surface area contributed by atoms with Crippen LogP contribution in [0.1, 0.15) is 97.4 Å². The van der Waals surface area contributed by atoms with Gasteiger partial charge in [-0.1, -0.05) is 90.7 Å². The Bertz CT molecular complexity index is 1920. The SMILES string of the molecule is CC(C)c1cc(Oc2[c-]c3c(cc2)c2cc(C(C)(C)C)ccc2n3-c2cc(C(C)(C)C)ccn2)[c-]c(C2=NC(C)(C)CO2)c1.[Pt+2]. The number of pyridine rings is 1. The summed E-state index contributed by atoms with van der Waals surface area (Å²) in [5, 5.41) is 2.28. The topological polar surface area (TPSA) is 48.6 Å². The van der Waals surface area contributed by atoms with E-state index >= 15 is 0 Å². The van der Waals surface area contributed by atoms with Gasteiger partial charge in [-0.05, 0) is 65.3 Å². The van der Waals surface area contributed by atoms with Crippen LogP contribution in [0.2, 0.25) is 0 Å². The van der Waals surface area contributed by atoms with E-state index in [0.717, 1.165) is 33.4 Å². The molecule has 3 heterocycles. The smallest absolute Gasteiger partial charge is 0.518 e. The van der Waals surface area contributed by atoms with Gasteiger partial charge in [0.2, 0.25) is 0 Å². The van der Waals surface area contributed by atoms with Crippen LogP contribution in [0.15, 0.2) is 65.8 Å². The Labute approximate surface area is 282 Å². The third kappa shape index (κ3) is 6.61. The monoisotopic (exact) mass is 780 g/mol. The van der Waals surface area contributed by atoms with Crippen molar-refractivity contribution in [2.45, 2.75) is 91.5 Å². The Hall–Kier alpha value is -3.43. The van der Waals surface area contributed by atoms with E-state index in [9.17, 15) is 0 Å². The van der Waals surface area contributed by atoms with Gasteiger partial charge in [0.05, 0.1) is 5.54 Å². The van der Waals surface area contributed by atoms with E-state index in [1.807, 2.05) is 18.3 Å². The summed E-state index contributed by atoms with van der Waals surface area (Å²) in [5.41, 5.74) is 6.24. The van der Waals surface area contributed by atoms with Gasteiger partial charge in [0.15, 0.2) is 0 Å². The minimum absolute atomic E-state index is 0. The molecule has 0 saturated heterocycles. The Morgan fingerprint density at radius 1 is 0.844 bits per heavy atom. The molecule has 0 spiro atoms. The number of nitrogens with zero attached hydrogens (tertiary/aromatic N) is 3. The molecule has 0 amide bonds. The zero-order valence-electron chi connectivity index (χ0n) is 28.0. The molecule has 0 saturated carbocycles. The van der Waals surface area contributed by atoms with Gasteiger partial charge in [0.25, 0.3) is 0 Å². The van der Waals surface area contributed by atoms with Crippen LogP contribution in [0.25, 0.3) is 27.6 Å². The van der Waals surface area contributed by atoms with Crippen LogP contribution in [-0.2, 0) is 36.6 Å². The minimum atomic E-state index is -0.255. The maximum Gasteiger partial charge on any atom is 2.00 e.